The highest BCUT2D eigenvalue weighted by Crippen LogP contribution is 2.18. The summed E-state index contributed by atoms with van der Waals surface area (Å²) >= 11 is 5.86. The van der Waals surface area contributed by atoms with Crippen molar-refractivity contribution in [1.29, 1.82) is 0 Å². The molecule has 4 rings (SSSR count). The lowest BCUT2D eigenvalue weighted by atomic mass is 10.1. The van der Waals surface area contributed by atoms with Gasteiger partial charge in [0.25, 0.3) is 17.7 Å². The molecule has 3 N–H and O–H groups in total. The van der Waals surface area contributed by atoms with Gasteiger partial charge in [0.1, 0.15) is 18.5 Å². The number of halogens is 1. The number of hydrogen-bond donors (Lipinski definition) is 3. The standard InChI is InChI=1S/C26H24ClN3O5/c27-20-10-12-22(13-11-20)35-16-17-6-8-18(9-7-17)24(31)29-30-25(32)19-3-1-4-21(15-19)28-26(33)23-5-2-14-34-23/h1,3-4,6-13,15,23H,2,5,14,16H2,(H,28,33)(H,29,31)(H,30,32). The fourth-order valence-electron chi connectivity index (χ4n) is 3.45. The summed E-state index contributed by atoms with van der Waals surface area (Å²) in [5.41, 5.74) is 6.79. The van der Waals surface area contributed by atoms with Crippen LogP contribution < -0.4 is 20.9 Å². The molecule has 0 saturated carbocycles. The van der Waals surface area contributed by atoms with Crippen LogP contribution in [0, 0.1) is 0 Å². The Morgan fingerprint density at radius 2 is 1.63 bits per heavy atom. The molecule has 0 aromatic heterocycles. The highest BCUT2D eigenvalue weighted by atomic mass is 35.5. The molecule has 3 aromatic rings. The van der Waals surface area contributed by atoms with Gasteiger partial charge in [-0.25, -0.2) is 0 Å². The third-order valence-electron chi connectivity index (χ3n) is 5.34. The second kappa shape index (κ2) is 11.5. The van der Waals surface area contributed by atoms with Crippen LogP contribution in [-0.4, -0.2) is 30.4 Å². The molecule has 0 aliphatic carbocycles. The number of carbonyl (C=O) groups is 3. The molecule has 1 saturated heterocycles. The third kappa shape index (κ3) is 6.81. The monoisotopic (exact) mass is 493 g/mol. The van der Waals surface area contributed by atoms with Crippen molar-refractivity contribution < 1.29 is 23.9 Å². The number of amides is 3. The molecule has 9 heteroatoms. The molecule has 180 valence electrons. The Balaban J connectivity index is 1.26. The van der Waals surface area contributed by atoms with Crippen LogP contribution in [0.15, 0.2) is 72.8 Å². The molecule has 1 aliphatic rings. The maximum atomic E-state index is 12.5. The van der Waals surface area contributed by atoms with Crippen molar-refractivity contribution in [2.75, 3.05) is 11.9 Å². The largest absolute Gasteiger partial charge is 0.489 e. The van der Waals surface area contributed by atoms with E-state index in [0.29, 0.717) is 41.7 Å². The Morgan fingerprint density at radius 3 is 2.31 bits per heavy atom. The quantitative estimate of drug-likeness (QED) is 0.429. The molecule has 0 spiro atoms. The van der Waals surface area contributed by atoms with Crippen molar-refractivity contribution >= 4 is 35.0 Å². The first-order chi connectivity index (χ1) is 17.0. The van der Waals surface area contributed by atoms with Gasteiger partial charge in [-0.2, -0.15) is 0 Å². The molecule has 3 amide bonds. The number of hydrogen-bond acceptors (Lipinski definition) is 5. The van der Waals surface area contributed by atoms with E-state index in [1.165, 1.54) is 6.07 Å². The van der Waals surface area contributed by atoms with Crippen molar-refractivity contribution in [3.05, 3.63) is 94.5 Å². The van der Waals surface area contributed by atoms with Gasteiger partial charge in [-0.1, -0.05) is 29.8 Å². The highest BCUT2D eigenvalue weighted by Gasteiger charge is 2.23. The molecular formula is C26H24ClN3O5. The van der Waals surface area contributed by atoms with Gasteiger partial charge in [0.2, 0.25) is 0 Å². The van der Waals surface area contributed by atoms with Gasteiger partial charge in [-0.15, -0.1) is 0 Å². The SMILES string of the molecule is O=C(NNC(=O)c1cccc(NC(=O)C2CCCO2)c1)c1ccc(COc2ccc(Cl)cc2)cc1. The summed E-state index contributed by atoms with van der Waals surface area (Å²) in [6.07, 6.45) is 1.05. The molecule has 0 radical (unpaired) electrons. The molecule has 1 aliphatic heterocycles. The molecule has 1 heterocycles. The van der Waals surface area contributed by atoms with E-state index in [0.717, 1.165) is 12.0 Å². The molecular weight excluding hydrogens is 470 g/mol. The van der Waals surface area contributed by atoms with Gasteiger partial charge in [0.15, 0.2) is 0 Å². The number of anilines is 1. The normalized spacial score (nSPS) is 14.7. The fraction of sp³-hybridized carbons (Fsp3) is 0.192. The molecule has 1 fully saturated rings. The van der Waals surface area contributed by atoms with Crippen LogP contribution in [-0.2, 0) is 16.1 Å². The zero-order chi connectivity index (χ0) is 24.6. The number of benzene rings is 3. The average Bonchev–Trinajstić information content (AvgIpc) is 3.43. The van der Waals surface area contributed by atoms with Gasteiger partial charge in [-0.3, -0.25) is 25.2 Å². The predicted molar refractivity (Wildman–Crippen MR) is 131 cm³/mol. The number of hydrazine groups is 1. The minimum atomic E-state index is -0.514. The molecule has 35 heavy (non-hydrogen) atoms. The zero-order valence-electron chi connectivity index (χ0n) is 18.8. The Morgan fingerprint density at radius 1 is 0.914 bits per heavy atom. The number of ether oxygens (including phenoxy) is 2. The number of carbonyl (C=O) groups excluding carboxylic acids is 3. The van der Waals surface area contributed by atoms with Gasteiger partial charge in [0.05, 0.1) is 0 Å². The van der Waals surface area contributed by atoms with Crippen molar-refractivity contribution in [3.63, 3.8) is 0 Å². The summed E-state index contributed by atoms with van der Waals surface area (Å²) in [4.78, 5) is 37.1. The first-order valence-corrected chi connectivity index (χ1v) is 11.5. The lowest BCUT2D eigenvalue weighted by Crippen LogP contribution is -2.41. The average molecular weight is 494 g/mol. The summed E-state index contributed by atoms with van der Waals surface area (Å²) in [6, 6.07) is 20.3. The van der Waals surface area contributed by atoms with Gasteiger partial charge in [-0.05, 0) is 73.0 Å². The van der Waals surface area contributed by atoms with Crippen molar-refractivity contribution in [1.82, 2.24) is 10.9 Å². The van der Waals surface area contributed by atoms with E-state index in [4.69, 9.17) is 21.1 Å². The van der Waals surface area contributed by atoms with Crippen LogP contribution in [0.1, 0.15) is 39.1 Å². The Labute approximate surface area is 207 Å². The second-order valence-electron chi connectivity index (χ2n) is 7.92. The summed E-state index contributed by atoms with van der Waals surface area (Å²) in [5, 5.41) is 3.38. The van der Waals surface area contributed by atoms with E-state index in [2.05, 4.69) is 16.2 Å². The van der Waals surface area contributed by atoms with E-state index in [1.807, 2.05) is 0 Å². The van der Waals surface area contributed by atoms with Gasteiger partial charge >= 0.3 is 0 Å². The number of rotatable bonds is 7. The van der Waals surface area contributed by atoms with Gasteiger partial charge in [0, 0.05) is 28.4 Å². The highest BCUT2D eigenvalue weighted by molar-refractivity contribution is 6.30. The second-order valence-corrected chi connectivity index (χ2v) is 8.36. The summed E-state index contributed by atoms with van der Waals surface area (Å²) in [5.74, 6) is -0.532. The van der Waals surface area contributed by atoms with Crippen LogP contribution in [0.2, 0.25) is 5.02 Å². The minimum absolute atomic E-state index is 0.240. The van der Waals surface area contributed by atoms with Crippen LogP contribution in [0.4, 0.5) is 5.69 Å². The molecule has 8 nitrogen and oxygen atoms in total. The third-order valence-corrected chi connectivity index (χ3v) is 5.59. The number of nitrogens with one attached hydrogen (secondary N) is 3. The van der Waals surface area contributed by atoms with Crippen molar-refractivity contribution in [2.45, 2.75) is 25.6 Å². The van der Waals surface area contributed by atoms with E-state index >= 15 is 0 Å². The van der Waals surface area contributed by atoms with Gasteiger partial charge < -0.3 is 14.8 Å². The maximum absolute atomic E-state index is 12.5. The summed E-state index contributed by atoms with van der Waals surface area (Å²) < 4.78 is 11.1. The van der Waals surface area contributed by atoms with E-state index < -0.39 is 17.9 Å². The minimum Gasteiger partial charge on any atom is -0.489 e. The van der Waals surface area contributed by atoms with Crippen LogP contribution in [0.25, 0.3) is 0 Å². The summed E-state index contributed by atoms with van der Waals surface area (Å²) in [6.45, 7) is 0.903. The topological polar surface area (TPSA) is 106 Å². The molecule has 1 unspecified atom stereocenters. The van der Waals surface area contributed by atoms with Crippen LogP contribution in [0.5, 0.6) is 5.75 Å². The smallest absolute Gasteiger partial charge is 0.269 e. The van der Waals surface area contributed by atoms with E-state index in [-0.39, 0.29) is 11.5 Å². The van der Waals surface area contributed by atoms with Crippen LogP contribution in [0.3, 0.4) is 0 Å². The van der Waals surface area contributed by atoms with Crippen LogP contribution >= 0.6 is 11.6 Å². The Bertz CT molecular complexity index is 1190. The predicted octanol–water partition coefficient (Wildman–Crippen LogP) is 4.11. The fourth-order valence-corrected chi connectivity index (χ4v) is 3.58. The Kier molecular flexibility index (Phi) is 7.97. The lowest BCUT2D eigenvalue weighted by Gasteiger charge is -2.12. The lowest BCUT2D eigenvalue weighted by molar-refractivity contribution is -0.124. The maximum Gasteiger partial charge on any atom is 0.269 e. The van der Waals surface area contributed by atoms with E-state index in [1.54, 1.807) is 66.7 Å². The zero-order valence-corrected chi connectivity index (χ0v) is 19.5. The first kappa shape index (κ1) is 24.3. The van der Waals surface area contributed by atoms with Crippen molar-refractivity contribution in [3.8, 4) is 5.75 Å². The first-order valence-electron chi connectivity index (χ1n) is 11.1. The van der Waals surface area contributed by atoms with E-state index in [9.17, 15) is 14.4 Å². The van der Waals surface area contributed by atoms with Crippen molar-refractivity contribution in [2.24, 2.45) is 0 Å². The molecule has 3 aromatic carbocycles. The summed E-state index contributed by atoms with van der Waals surface area (Å²) in [7, 11) is 0. The molecule has 0 bridgehead atoms. The molecule has 1 atom stereocenters. The Hall–Kier alpha value is -3.88.